The molecule has 2 rings (SSSR count). The summed E-state index contributed by atoms with van der Waals surface area (Å²) in [6, 6.07) is 0. The maximum atomic E-state index is 12.2. The van der Waals surface area contributed by atoms with E-state index in [1.165, 1.54) is 11.3 Å². The fourth-order valence-corrected chi connectivity index (χ4v) is 2.99. The molecule has 0 saturated carbocycles. The van der Waals surface area contributed by atoms with Crippen LogP contribution in [0.3, 0.4) is 0 Å². The van der Waals surface area contributed by atoms with Gasteiger partial charge in [0.05, 0.1) is 5.92 Å². The van der Waals surface area contributed by atoms with Crippen molar-refractivity contribution in [1.29, 1.82) is 0 Å². The van der Waals surface area contributed by atoms with E-state index in [1.54, 1.807) is 12.0 Å². The highest BCUT2D eigenvalue weighted by molar-refractivity contribution is 7.15. The molecule has 0 aromatic carbocycles. The van der Waals surface area contributed by atoms with Gasteiger partial charge in [-0.25, -0.2) is 0 Å². The SMILES string of the molecule is COCc1nnc(NC(=O)[C@@H]2CC(=O)N(CCC(C)C)C2)s1. The Bertz CT molecular complexity index is 532. The van der Waals surface area contributed by atoms with Crippen molar-refractivity contribution in [3.8, 4) is 0 Å². The van der Waals surface area contributed by atoms with Crippen molar-refractivity contribution >= 4 is 28.3 Å². The van der Waals surface area contributed by atoms with Gasteiger partial charge in [-0.05, 0) is 12.3 Å². The van der Waals surface area contributed by atoms with Crippen LogP contribution in [0.4, 0.5) is 5.13 Å². The maximum Gasteiger partial charge on any atom is 0.231 e. The molecule has 2 heterocycles. The average molecular weight is 326 g/mol. The number of aromatic nitrogens is 2. The van der Waals surface area contributed by atoms with Crippen molar-refractivity contribution in [3.63, 3.8) is 0 Å². The lowest BCUT2D eigenvalue weighted by atomic mass is 10.1. The molecule has 1 aliphatic heterocycles. The van der Waals surface area contributed by atoms with Crippen molar-refractivity contribution in [3.05, 3.63) is 5.01 Å². The molecule has 1 atom stereocenters. The number of anilines is 1. The third-order valence-corrected chi connectivity index (χ3v) is 4.34. The van der Waals surface area contributed by atoms with Gasteiger partial charge in [0.25, 0.3) is 0 Å². The first-order valence-electron chi connectivity index (χ1n) is 7.39. The van der Waals surface area contributed by atoms with Gasteiger partial charge < -0.3 is 15.0 Å². The number of amides is 2. The minimum Gasteiger partial charge on any atom is -0.377 e. The Morgan fingerprint density at radius 3 is 2.95 bits per heavy atom. The zero-order chi connectivity index (χ0) is 16.1. The van der Waals surface area contributed by atoms with Gasteiger partial charge in [-0.3, -0.25) is 9.59 Å². The first kappa shape index (κ1) is 16.8. The van der Waals surface area contributed by atoms with Crippen molar-refractivity contribution in [2.24, 2.45) is 11.8 Å². The highest BCUT2D eigenvalue weighted by Crippen LogP contribution is 2.22. The molecule has 7 nitrogen and oxygen atoms in total. The lowest BCUT2D eigenvalue weighted by Gasteiger charge is -2.17. The summed E-state index contributed by atoms with van der Waals surface area (Å²) in [5.74, 6) is 0.120. The average Bonchev–Trinajstić information content (AvgIpc) is 3.04. The maximum absolute atomic E-state index is 12.2. The van der Waals surface area contributed by atoms with Crippen LogP contribution in [0.25, 0.3) is 0 Å². The Hall–Kier alpha value is -1.54. The number of nitrogens with zero attached hydrogens (tertiary/aromatic N) is 3. The Morgan fingerprint density at radius 2 is 2.27 bits per heavy atom. The molecule has 2 amide bonds. The van der Waals surface area contributed by atoms with Crippen molar-refractivity contribution in [2.45, 2.75) is 33.3 Å². The number of rotatable bonds is 7. The highest BCUT2D eigenvalue weighted by Gasteiger charge is 2.34. The van der Waals surface area contributed by atoms with Crippen LogP contribution < -0.4 is 5.32 Å². The van der Waals surface area contributed by atoms with Gasteiger partial charge in [0.1, 0.15) is 11.6 Å². The molecule has 1 N–H and O–H groups in total. The number of hydrogen-bond acceptors (Lipinski definition) is 6. The molecule has 122 valence electrons. The number of nitrogens with one attached hydrogen (secondary N) is 1. The molecule has 0 aliphatic carbocycles. The molecule has 0 unspecified atom stereocenters. The number of likely N-dealkylation sites (tertiary alicyclic amines) is 1. The summed E-state index contributed by atoms with van der Waals surface area (Å²) in [4.78, 5) is 26.0. The zero-order valence-electron chi connectivity index (χ0n) is 13.2. The molecular weight excluding hydrogens is 304 g/mol. The molecule has 1 fully saturated rings. The fourth-order valence-electron chi connectivity index (χ4n) is 2.27. The number of carbonyl (C=O) groups is 2. The van der Waals surface area contributed by atoms with E-state index < -0.39 is 0 Å². The summed E-state index contributed by atoms with van der Waals surface area (Å²) in [5, 5.41) is 11.7. The van der Waals surface area contributed by atoms with Gasteiger partial charge in [-0.15, -0.1) is 10.2 Å². The third-order valence-electron chi connectivity index (χ3n) is 3.53. The first-order chi connectivity index (χ1) is 10.5. The number of carbonyl (C=O) groups excluding carboxylic acids is 2. The molecule has 0 bridgehead atoms. The molecule has 1 saturated heterocycles. The van der Waals surface area contributed by atoms with E-state index in [2.05, 4.69) is 29.4 Å². The summed E-state index contributed by atoms with van der Waals surface area (Å²) in [6.45, 7) is 5.83. The predicted octanol–water partition coefficient (Wildman–Crippen LogP) is 1.52. The summed E-state index contributed by atoms with van der Waals surface area (Å²) in [7, 11) is 1.58. The second kappa shape index (κ2) is 7.64. The highest BCUT2D eigenvalue weighted by atomic mass is 32.1. The topological polar surface area (TPSA) is 84.4 Å². The molecule has 1 aromatic heterocycles. The normalized spacial score (nSPS) is 18.3. The van der Waals surface area contributed by atoms with Crippen LogP contribution in [0.2, 0.25) is 0 Å². The van der Waals surface area contributed by atoms with Crippen LogP contribution in [0.15, 0.2) is 0 Å². The van der Waals surface area contributed by atoms with Gasteiger partial charge in [0, 0.05) is 26.6 Å². The Morgan fingerprint density at radius 1 is 1.50 bits per heavy atom. The monoisotopic (exact) mass is 326 g/mol. The first-order valence-corrected chi connectivity index (χ1v) is 8.21. The Kier molecular flexibility index (Phi) is 5.84. The summed E-state index contributed by atoms with van der Waals surface area (Å²) >= 11 is 1.28. The Balaban J connectivity index is 1.86. The van der Waals surface area contributed by atoms with Crippen LogP contribution >= 0.6 is 11.3 Å². The van der Waals surface area contributed by atoms with Gasteiger partial charge in [0.15, 0.2) is 0 Å². The molecule has 0 radical (unpaired) electrons. The van der Waals surface area contributed by atoms with Gasteiger partial charge in [0.2, 0.25) is 16.9 Å². The quantitative estimate of drug-likeness (QED) is 0.821. The predicted molar refractivity (Wildman–Crippen MR) is 83.4 cm³/mol. The van der Waals surface area contributed by atoms with Gasteiger partial charge >= 0.3 is 0 Å². The van der Waals surface area contributed by atoms with E-state index in [1.807, 2.05) is 0 Å². The third kappa shape index (κ3) is 4.48. The van der Waals surface area contributed by atoms with E-state index in [9.17, 15) is 9.59 Å². The molecule has 22 heavy (non-hydrogen) atoms. The number of ether oxygens (including phenoxy) is 1. The summed E-state index contributed by atoms with van der Waals surface area (Å²) in [5.41, 5.74) is 0. The van der Waals surface area contributed by atoms with E-state index in [0.717, 1.165) is 13.0 Å². The minimum absolute atomic E-state index is 0.0538. The molecule has 1 aliphatic rings. The largest absolute Gasteiger partial charge is 0.377 e. The van der Waals surface area contributed by atoms with Crippen LogP contribution in [0.5, 0.6) is 0 Å². The number of methoxy groups -OCH3 is 1. The van der Waals surface area contributed by atoms with Crippen molar-refractivity contribution in [1.82, 2.24) is 15.1 Å². The summed E-state index contributed by atoms with van der Waals surface area (Å²) < 4.78 is 4.96. The molecule has 1 aromatic rings. The van der Waals surface area contributed by atoms with Crippen LogP contribution in [0.1, 0.15) is 31.7 Å². The van der Waals surface area contributed by atoms with Crippen molar-refractivity contribution in [2.75, 3.05) is 25.5 Å². The standard InChI is InChI=1S/C14H22N4O3S/c1-9(2)4-5-18-7-10(6-12(18)19)13(20)15-14-17-16-11(22-14)8-21-3/h9-10H,4-8H2,1-3H3,(H,15,17,20)/t10-/m1/s1. The van der Waals surface area contributed by atoms with E-state index in [0.29, 0.717) is 29.2 Å². The molecule has 0 spiro atoms. The minimum atomic E-state index is -0.311. The van der Waals surface area contributed by atoms with Crippen LogP contribution in [-0.4, -0.2) is 47.1 Å². The van der Waals surface area contributed by atoms with Crippen molar-refractivity contribution < 1.29 is 14.3 Å². The zero-order valence-corrected chi connectivity index (χ0v) is 14.0. The smallest absolute Gasteiger partial charge is 0.231 e. The number of hydrogen-bond donors (Lipinski definition) is 1. The van der Waals surface area contributed by atoms with E-state index in [-0.39, 0.29) is 24.2 Å². The lowest BCUT2D eigenvalue weighted by molar-refractivity contribution is -0.128. The summed E-state index contributed by atoms with van der Waals surface area (Å²) in [6.07, 6.45) is 1.23. The van der Waals surface area contributed by atoms with Crippen LogP contribution in [-0.2, 0) is 20.9 Å². The Labute approximate surface area is 134 Å². The second-order valence-corrected chi connectivity index (χ2v) is 6.91. The van der Waals surface area contributed by atoms with Gasteiger partial charge in [-0.2, -0.15) is 0 Å². The van der Waals surface area contributed by atoms with Crippen LogP contribution in [0, 0.1) is 11.8 Å². The second-order valence-electron chi connectivity index (χ2n) is 5.85. The van der Waals surface area contributed by atoms with E-state index >= 15 is 0 Å². The fraction of sp³-hybridized carbons (Fsp3) is 0.714. The molecular formula is C14H22N4O3S. The molecule has 8 heteroatoms. The van der Waals surface area contributed by atoms with Gasteiger partial charge in [-0.1, -0.05) is 25.2 Å². The lowest BCUT2D eigenvalue weighted by Crippen LogP contribution is -2.29. The van der Waals surface area contributed by atoms with E-state index in [4.69, 9.17) is 4.74 Å².